The average Bonchev–Trinajstić information content (AvgIpc) is 3.59. The molecular weight excluding hydrogens is 514 g/mol. The summed E-state index contributed by atoms with van der Waals surface area (Å²) in [5.41, 5.74) is 17.9. The molecule has 1 N–H and O–H groups in total. The quantitative estimate of drug-likeness (QED) is 0.322. The molecule has 0 aliphatic rings. The molecule has 6 aromatic carbocycles. The van der Waals surface area contributed by atoms with Gasteiger partial charge in [0.2, 0.25) is 0 Å². The normalized spacial score (nSPS) is 11.7. The lowest BCUT2D eigenvalue weighted by Gasteiger charge is -2.25. The van der Waals surface area contributed by atoms with Crippen LogP contribution in [0.15, 0.2) is 109 Å². The topological polar surface area (TPSA) is 20.7 Å². The molecule has 0 saturated carbocycles. The van der Waals surface area contributed by atoms with Crippen LogP contribution >= 0.6 is 0 Å². The van der Waals surface area contributed by atoms with E-state index in [4.69, 9.17) is 0 Å². The third-order valence-corrected chi connectivity index (χ3v) is 9.93. The number of aromatic amines is 1. The van der Waals surface area contributed by atoms with E-state index in [2.05, 4.69) is 158 Å². The summed E-state index contributed by atoms with van der Waals surface area (Å²) in [5, 5.41) is 5.02. The third-order valence-electron chi connectivity index (χ3n) is 9.93. The Labute approximate surface area is 256 Å². The van der Waals surface area contributed by atoms with Crippen molar-refractivity contribution >= 4 is 110 Å². The molecule has 2 aromatic heterocycles. The maximum atomic E-state index is 3.84. The molecule has 0 saturated heterocycles. The van der Waals surface area contributed by atoms with Crippen molar-refractivity contribution in [3.63, 3.8) is 0 Å². The first-order chi connectivity index (χ1) is 21.0. The van der Waals surface area contributed by atoms with Gasteiger partial charge >= 0.3 is 0 Å². The fourth-order valence-electron chi connectivity index (χ4n) is 7.34. The minimum Gasteiger partial charge on any atom is -0.353 e. The Morgan fingerprint density at radius 2 is 1.07 bits per heavy atom. The number of fused-ring (bicyclic) bond motifs is 7. The fourth-order valence-corrected chi connectivity index (χ4v) is 7.34. The van der Waals surface area contributed by atoms with Crippen LogP contribution in [0.25, 0.3) is 71.6 Å². The summed E-state index contributed by atoms with van der Waals surface area (Å²) < 4.78 is 2.55. The van der Waals surface area contributed by atoms with Crippen molar-refractivity contribution in [3.05, 3.63) is 109 Å². The van der Waals surface area contributed by atoms with E-state index >= 15 is 0 Å². The van der Waals surface area contributed by atoms with Gasteiger partial charge in [-0.3, -0.25) is 0 Å². The van der Waals surface area contributed by atoms with Gasteiger partial charge in [-0.1, -0.05) is 108 Å². The number of nitrogens with zero attached hydrogens (tertiary/aromatic N) is 1. The molecule has 0 aliphatic heterocycles. The summed E-state index contributed by atoms with van der Waals surface area (Å²) in [5.74, 6) is 0. The first-order valence-electron chi connectivity index (χ1n) is 15.1. The molecule has 0 atom stereocenters. The predicted molar refractivity (Wildman–Crippen MR) is 202 cm³/mol. The lowest BCUT2D eigenvalue weighted by Crippen LogP contribution is -2.55. The largest absolute Gasteiger partial charge is 0.353 e. The van der Waals surface area contributed by atoms with Crippen molar-refractivity contribution in [1.82, 2.24) is 9.55 Å². The van der Waals surface area contributed by atoms with Crippen LogP contribution in [0.2, 0.25) is 0 Å². The molecule has 0 spiro atoms. The van der Waals surface area contributed by atoms with Crippen LogP contribution in [0.3, 0.4) is 0 Å². The maximum absolute atomic E-state index is 3.84. The van der Waals surface area contributed by atoms with Crippen LogP contribution in [0.4, 0.5) is 0 Å². The Kier molecular flexibility index (Phi) is 5.81. The van der Waals surface area contributed by atoms with Gasteiger partial charge in [0, 0.05) is 38.2 Å². The van der Waals surface area contributed by atoms with Crippen LogP contribution in [0.1, 0.15) is 0 Å². The van der Waals surface area contributed by atoms with Crippen molar-refractivity contribution in [3.8, 4) is 27.9 Å². The van der Waals surface area contributed by atoms with Gasteiger partial charge in [-0.15, -0.1) is 16.4 Å². The Morgan fingerprint density at radius 3 is 1.84 bits per heavy atom. The predicted octanol–water partition coefficient (Wildman–Crippen LogP) is 1.04. The molecule has 0 aliphatic carbocycles. The molecule has 2 heterocycles. The van der Waals surface area contributed by atoms with E-state index in [0.29, 0.717) is 0 Å². The second kappa shape index (κ2) is 9.64. The molecule has 0 amide bonds. The van der Waals surface area contributed by atoms with Crippen LogP contribution in [-0.4, -0.2) is 48.8 Å². The lowest BCUT2D eigenvalue weighted by molar-refractivity contribution is 1.19. The van der Waals surface area contributed by atoms with Crippen LogP contribution in [0.5, 0.6) is 0 Å². The monoisotopic (exact) mass is 544 g/mol. The second-order valence-electron chi connectivity index (χ2n) is 12.0. The fraction of sp³-hybridized carbons (Fsp3) is 0. The summed E-state index contributed by atoms with van der Waals surface area (Å²) in [7, 11) is 11.4. The molecule has 0 fully saturated rings. The molecule has 8 rings (SSSR count). The number of rotatable bonds is 3. The molecule has 0 bridgehead atoms. The number of aromatic nitrogens is 2. The Morgan fingerprint density at radius 1 is 0.465 bits per heavy atom. The van der Waals surface area contributed by atoms with E-state index < -0.39 is 0 Å². The van der Waals surface area contributed by atoms with Gasteiger partial charge in [0.05, 0.1) is 22.2 Å². The highest BCUT2D eigenvalue weighted by molar-refractivity contribution is 6.68. The summed E-state index contributed by atoms with van der Waals surface area (Å²) >= 11 is 0. The molecule has 7 heteroatoms. The van der Waals surface area contributed by atoms with Gasteiger partial charge in [0.1, 0.15) is 39.2 Å². The molecule has 8 aromatic rings. The zero-order chi connectivity index (χ0) is 29.4. The van der Waals surface area contributed by atoms with Gasteiger partial charge < -0.3 is 9.55 Å². The van der Waals surface area contributed by atoms with Gasteiger partial charge in [0.25, 0.3) is 0 Å². The van der Waals surface area contributed by atoms with Crippen LogP contribution < -0.4 is 27.3 Å². The highest BCUT2D eigenvalue weighted by Gasteiger charge is 2.24. The molecule has 0 unspecified atom stereocenters. The number of para-hydroxylation sites is 3. The second-order valence-corrected chi connectivity index (χ2v) is 12.0. The van der Waals surface area contributed by atoms with E-state index in [1.54, 1.807) is 0 Å². The smallest absolute Gasteiger partial charge is 0.139 e. The van der Waals surface area contributed by atoms with Gasteiger partial charge in [-0.2, -0.15) is 0 Å². The van der Waals surface area contributed by atoms with E-state index in [9.17, 15) is 0 Å². The van der Waals surface area contributed by atoms with Crippen LogP contribution in [-0.2, 0) is 0 Å². The Balaban J connectivity index is 1.63. The van der Waals surface area contributed by atoms with E-state index in [1.165, 1.54) is 93.4 Å². The zero-order valence-electron chi connectivity index (χ0n) is 25.3. The standard InChI is InChI=1S/C36H29B5N2/c37-29-28(30(38)32(40)33(41)31(29)39)25-14-8-13-20(19-9-2-1-3-10-19)35(25)43-27-16-7-5-12-22(27)24-18-17-23-21-11-4-6-15-26(21)42-34(23)36(24)43/h1-18,42H,37-41H2. The third kappa shape index (κ3) is 3.67. The number of hydrogen-bond donors (Lipinski definition) is 1. The highest BCUT2D eigenvalue weighted by Crippen LogP contribution is 2.43. The molecule has 198 valence electrons. The first kappa shape index (κ1) is 25.9. The highest BCUT2D eigenvalue weighted by atomic mass is 15.0. The minimum absolute atomic E-state index is 1.16. The summed E-state index contributed by atoms with van der Waals surface area (Å²) in [6, 6.07) is 39.8. The van der Waals surface area contributed by atoms with Gasteiger partial charge in [-0.05, 0) is 23.3 Å². The molecule has 43 heavy (non-hydrogen) atoms. The van der Waals surface area contributed by atoms with Crippen molar-refractivity contribution in [2.45, 2.75) is 0 Å². The number of nitrogens with one attached hydrogen (secondary N) is 1. The van der Waals surface area contributed by atoms with E-state index in [0.717, 1.165) is 5.52 Å². The van der Waals surface area contributed by atoms with Crippen molar-refractivity contribution in [2.24, 2.45) is 0 Å². The Hall–Kier alpha value is -4.76. The lowest BCUT2D eigenvalue weighted by atomic mass is 9.59. The minimum atomic E-state index is 1.16. The van der Waals surface area contributed by atoms with Crippen molar-refractivity contribution in [2.75, 3.05) is 0 Å². The summed E-state index contributed by atoms with van der Waals surface area (Å²) in [6.45, 7) is 0. The van der Waals surface area contributed by atoms with Crippen LogP contribution in [0, 0.1) is 0 Å². The van der Waals surface area contributed by atoms with Gasteiger partial charge in [0.15, 0.2) is 0 Å². The van der Waals surface area contributed by atoms with Gasteiger partial charge in [-0.25, -0.2) is 0 Å². The van der Waals surface area contributed by atoms with E-state index in [1.807, 2.05) is 0 Å². The average molecular weight is 544 g/mol. The first-order valence-corrected chi connectivity index (χ1v) is 15.1. The number of hydrogen-bond acceptors (Lipinski definition) is 0. The summed E-state index contributed by atoms with van der Waals surface area (Å²) in [6.07, 6.45) is 0. The number of benzene rings is 6. The molecule has 0 radical (unpaired) electrons. The van der Waals surface area contributed by atoms with Crippen molar-refractivity contribution in [1.29, 1.82) is 0 Å². The maximum Gasteiger partial charge on any atom is 0.139 e. The Bertz CT molecular complexity index is 2370. The summed E-state index contributed by atoms with van der Waals surface area (Å²) in [4.78, 5) is 3.84. The zero-order valence-corrected chi connectivity index (χ0v) is 25.3. The molecular formula is C36H29B5N2. The molecule has 2 nitrogen and oxygen atoms in total. The number of H-pyrrole nitrogens is 1. The van der Waals surface area contributed by atoms with E-state index in [-0.39, 0.29) is 0 Å². The SMILES string of the molecule is Bc1c(B)c(B)c(-c2cccc(-c3ccccc3)c2-n2c3ccccc3c3ccc4c5ccccc5[nH]c4c32)c(B)c1B. The van der Waals surface area contributed by atoms with Crippen molar-refractivity contribution < 1.29 is 0 Å².